The molecule has 176 valence electrons. The van der Waals surface area contributed by atoms with E-state index in [1.54, 1.807) is 24.3 Å². The predicted octanol–water partition coefficient (Wildman–Crippen LogP) is 5.66. The third-order valence-corrected chi connectivity index (χ3v) is 6.77. The maximum Gasteiger partial charge on any atom is 0.338 e. The van der Waals surface area contributed by atoms with Gasteiger partial charge in [-0.15, -0.1) is 0 Å². The number of hydrogen-bond donors (Lipinski definition) is 1. The Morgan fingerprint density at radius 1 is 0.914 bits per heavy atom. The van der Waals surface area contributed by atoms with E-state index in [1.807, 2.05) is 73.8 Å². The van der Waals surface area contributed by atoms with E-state index >= 15 is 0 Å². The zero-order valence-corrected chi connectivity index (χ0v) is 19.6. The van der Waals surface area contributed by atoms with E-state index in [-0.39, 0.29) is 30.6 Å². The molecule has 6 heteroatoms. The summed E-state index contributed by atoms with van der Waals surface area (Å²) in [5, 5.41) is 0.981. The Labute approximate surface area is 204 Å². The van der Waals surface area contributed by atoms with Crippen LogP contribution >= 0.6 is 0 Å². The van der Waals surface area contributed by atoms with Crippen LogP contribution < -0.4 is 4.90 Å². The number of urea groups is 1. The largest absolute Gasteiger partial charge is 0.361 e. The van der Waals surface area contributed by atoms with Gasteiger partial charge in [-0.1, -0.05) is 73.7 Å². The summed E-state index contributed by atoms with van der Waals surface area (Å²) in [6.45, 7) is 2.03. The summed E-state index contributed by atoms with van der Waals surface area (Å²) in [5.74, 6) is -0.749. The fourth-order valence-corrected chi connectivity index (χ4v) is 4.91. The van der Waals surface area contributed by atoms with Gasteiger partial charge in [0, 0.05) is 29.9 Å². The van der Waals surface area contributed by atoms with Crippen molar-refractivity contribution in [2.75, 3.05) is 4.90 Å². The molecule has 1 aliphatic rings. The minimum Gasteiger partial charge on any atom is -0.361 e. The molecule has 0 bridgehead atoms. The molecule has 0 unspecified atom stereocenters. The minimum absolute atomic E-state index is 0.0360. The second-order valence-corrected chi connectivity index (χ2v) is 8.85. The van der Waals surface area contributed by atoms with Gasteiger partial charge in [0.2, 0.25) is 5.91 Å². The van der Waals surface area contributed by atoms with Crippen LogP contribution in [-0.4, -0.2) is 33.8 Å². The molecule has 2 atom stereocenters. The average molecular weight is 466 g/mol. The number of carbonyl (C=O) groups excluding carboxylic acids is 3. The molecule has 1 fully saturated rings. The lowest BCUT2D eigenvalue weighted by Gasteiger charge is -2.23. The first-order valence-corrected chi connectivity index (χ1v) is 11.9. The van der Waals surface area contributed by atoms with E-state index in [0.717, 1.165) is 33.4 Å². The van der Waals surface area contributed by atoms with Gasteiger partial charge in [-0.25, -0.2) is 9.69 Å². The Morgan fingerprint density at radius 3 is 2.29 bits per heavy atom. The Hall–Kier alpha value is -4.19. The van der Waals surface area contributed by atoms with E-state index in [9.17, 15) is 14.4 Å². The van der Waals surface area contributed by atoms with E-state index in [1.165, 1.54) is 4.90 Å². The standard InChI is InChI=1S/C29H27N3O3/c1-2-20(21-11-5-3-6-12-21)18-27(33)32-26(17-22-19-30-25-16-10-9-15-24(22)25)28(34)31(29(32)35)23-13-7-4-8-14-23/h3-16,19-20,26,30H,2,17-18H2,1H3/t20-,26-/m0/s1. The first-order chi connectivity index (χ1) is 17.1. The molecule has 1 saturated heterocycles. The van der Waals surface area contributed by atoms with Gasteiger partial charge in [-0.2, -0.15) is 0 Å². The van der Waals surface area contributed by atoms with Gasteiger partial charge in [0.15, 0.2) is 0 Å². The molecule has 0 radical (unpaired) electrons. The highest BCUT2D eigenvalue weighted by Crippen LogP contribution is 2.32. The number of nitrogens with zero attached hydrogens (tertiary/aromatic N) is 2. The number of H-pyrrole nitrogens is 1. The number of para-hydroxylation sites is 2. The number of fused-ring (bicyclic) bond motifs is 1. The normalized spacial score (nSPS) is 16.8. The topological polar surface area (TPSA) is 73.5 Å². The summed E-state index contributed by atoms with van der Waals surface area (Å²) in [4.78, 5) is 46.4. The number of anilines is 1. The average Bonchev–Trinajstić information content (AvgIpc) is 3.41. The Bertz CT molecular complexity index is 1360. The highest BCUT2D eigenvalue weighted by atomic mass is 16.2. The molecular formula is C29H27N3O3. The maximum absolute atomic E-state index is 13.6. The van der Waals surface area contributed by atoms with Crippen LogP contribution in [0.3, 0.4) is 0 Å². The number of aromatic nitrogens is 1. The zero-order chi connectivity index (χ0) is 24.4. The van der Waals surface area contributed by atoms with Gasteiger partial charge < -0.3 is 4.98 Å². The molecule has 1 aromatic heterocycles. The van der Waals surface area contributed by atoms with Crippen molar-refractivity contribution < 1.29 is 14.4 Å². The number of hydrogen-bond acceptors (Lipinski definition) is 3. The van der Waals surface area contributed by atoms with E-state index in [4.69, 9.17) is 0 Å². The van der Waals surface area contributed by atoms with Crippen molar-refractivity contribution in [3.63, 3.8) is 0 Å². The molecule has 35 heavy (non-hydrogen) atoms. The molecule has 1 aliphatic heterocycles. The van der Waals surface area contributed by atoms with Crippen molar-refractivity contribution >= 4 is 34.4 Å². The highest BCUT2D eigenvalue weighted by molar-refractivity contribution is 6.25. The predicted molar refractivity (Wildman–Crippen MR) is 136 cm³/mol. The summed E-state index contributed by atoms with van der Waals surface area (Å²) in [6, 6.07) is 25.0. The fourth-order valence-electron chi connectivity index (χ4n) is 4.91. The van der Waals surface area contributed by atoms with Crippen LogP contribution in [0.25, 0.3) is 10.9 Å². The van der Waals surface area contributed by atoms with Crippen molar-refractivity contribution in [3.8, 4) is 0 Å². The molecule has 4 amide bonds. The number of nitrogens with one attached hydrogen (secondary N) is 1. The summed E-state index contributed by atoms with van der Waals surface area (Å²) < 4.78 is 0. The van der Waals surface area contributed by atoms with Crippen molar-refractivity contribution in [2.24, 2.45) is 0 Å². The van der Waals surface area contributed by atoms with Crippen LogP contribution in [0.15, 0.2) is 91.1 Å². The van der Waals surface area contributed by atoms with Gasteiger partial charge >= 0.3 is 6.03 Å². The van der Waals surface area contributed by atoms with Gasteiger partial charge in [0.05, 0.1) is 5.69 Å². The van der Waals surface area contributed by atoms with Crippen LogP contribution in [0.2, 0.25) is 0 Å². The maximum atomic E-state index is 13.6. The monoisotopic (exact) mass is 465 g/mol. The molecule has 6 nitrogen and oxygen atoms in total. The number of carbonyl (C=O) groups is 3. The first kappa shape index (κ1) is 22.6. The third kappa shape index (κ3) is 4.23. The molecule has 4 aromatic rings. The van der Waals surface area contributed by atoms with Gasteiger partial charge in [0.1, 0.15) is 6.04 Å². The number of imide groups is 2. The van der Waals surface area contributed by atoms with Gasteiger partial charge in [0.25, 0.3) is 5.91 Å². The second kappa shape index (κ2) is 9.58. The first-order valence-electron chi connectivity index (χ1n) is 11.9. The lowest BCUT2D eigenvalue weighted by Crippen LogP contribution is -2.42. The summed E-state index contributed by atoms with van der Waals surface area (Å²) in [7, 11) is 0. The fraction of sp³-hybridized carbons (Fsp3) is 0.207. The third-order valence-electron chi connectivity index (χ3n) is 6.77. The molecule has 0 saturated carbocycles. The number of benzene rings is 3. The number of aromatic amines is 1. The van der Waals surface area contributed by atoms with E-state index in [2.05, 4.69) is 4.98 Å². The quantitative estimate of drug-likeness (QED) is 0.358. The van der Waals surface area contributed by atoms with Crippen LogP contribution in [0.4, 0.5) is 10.5 Å². The SMILES string of the molecule is CC[C@@H](CC(=O)N1C(=O)N(c2ccccc2)C(=O)[C@@H]1Cc1c[nH]c2ccccc12)c1ccccc1. The lowest BCUT2D eigenvalue weighted by molar-refractivity contribution is -0.133. The summed E-state index contributed by atoms with van der Waals surface area (Å²) in [6.07, 6.45) is 3.02. The van der Waals surface area contributed by atoms with Crippen LogP contribution in [0.1, 0.15) is 36.8 Å². The van der Waals surface area contributed by atoms with Gasteiger partial charge in [-0.3, -0.25) is 14.5 Å². The molecule has 0 spiro atoms. The highest BCUT2D eigenvalue weighted by Gasteiger charge is 2.49. The van der Waals surface area contributed by atoms with Gasteiger partial charge in [-0.05, 0) is 41.7 Å². The van der Waals surface area contributed by atoms with Crippen molar-refractivity contribution in [2.45, 2.75) is 38.1 Å². The summed E-state index contributed by atoms with van der Waals surface area (Å²) in [5.41, 5.74) is 3.37. The smallest absolute Gasteiger partial charge is 0.338 e. The second-order valence-electron chi connectivity index (χ2n) is 8.85. The van der Waals surface area contributed by atoms with Crippen LogP contribution in [-0.2, 0) is 16.0 Å². The van der Waals surface area contributed by atoms with Crippen molar-refractivity contribution in [1.29, 1.82) is 0 Å². The number of amides is 4. The zero-order valence-electron chi connectivity index (χ0n) is 19.6. The molecule has 2 heterocycles. The van der Waals surface area contributed by atoms with Crippen molar-refractivity contribution in [3.05, 3.63) is 102 Å². The summed E-state index contributed by atoms with van der Waals surface area (Å²) >= 11 is 0. The number of rotatable bonds is 7. The molecule has 0 aliphatic carbocycles. The minimum atomic E-state index is -0.900. The van der Waals surface area contributed by atoms with E-state index in [0.29, 0.717) is 5.69 Å². The van der Waals surface area contributed by atoms with E-state index < -0.39 is 12.1 Å². The Balaban J connectivity index is 1.49. The molecule has 1 N–H and O–H groups in total. The molecule has 3 aromatic carbocycles. The van der Waals surface area contributed by atoms with Crippen LogP contribution in [0.5, 0.6) is 0 Å². The molecule has 5 rings (SSSR count). The Kier molecular flexibility index (Phi) is 6.19. The molecular weight excluding hydrogens is 438 g/mol. The Morgan fingerprint density at radius 2 is 1.57 bits per heavy atom. The lowest BCUT2D eigenvalue weighted by atomic mass is 9.92. The van der Waals surface area contributed by atoms with Crippen LogP contribution in [0, 0.1) is 0 Å². The van der Waals surface area contributed by atoms with Crippen molar-refractivity contribution in [1.82, 2.24) is 9.88 Å².